The molecule has 0 unspecified atom stereocenters. The molecule has 0 radical (unpaired) electrons. The molecule has 3 heteroatoms. The van der Waals surface area contributed by atoms with E-state index in [1.807, 2.05) is 30.3 Å². The number of benzene rings is 7. The third-order valence-corrected chi connectivity index (χ3v) is 11.5. The molecule has 0 spiro atoms. The second-order valence-electron chi connectivity index (χ2n) is 15.0. The molecule has 0 atom stereocenters. The van der Waals surface area contributed by atoms with E-state index in [2.05, 4.69) is 170 Å². The lowest BCUT2D eigenvalue weighted by atomic mass is 9.87. The highest BCUT2D eigenvalue weighted by atomic mass is 15.0. The summed E-state index contributed by atoms with van der Waals surface area (Å²) >= 11 is 0. The standard InChI is InChI=1S/C55H45N3/c1-3-39-15-10-11-22-47(39)42-31-33-44(34-32-42)54(56-2)58-55(43-18-8-5-9-19-43)57-37-38-27-29-40(30-28-38)45-20-12-21-46(35-45)49-24-14-26-51-50-25-13-23-48(52(50)36-53(49)51)41-16-6-4-7-17-41/h4-12,14-24,26-35H,2-3,13,25,36-37H2,1H3/b57-55-,58-54-. The molecular formula is C55H45N3. The number of hydrogen-bond acceptors (Lipinski definition) is 1. The van der Waals surface area contributed by atoms with Crippen molar-refractivity contribution in [2.45, 2.75) is 39.2 Å². The summed E-state index contributed by atoms with van der Waals surface area (Å²) in [5.74, 6) is 1.17. The van der Waals surface area contributed by atoms with Crippen molar-refractivity contribution in [3.8, 4) is 33.4 Å². The van der Waals surface area contributed by atoms with E-state index in [0.717, 1.165) is 42.4 Å². The summed E-state index contributed by atoms with van der Waals surface area (Å²) in [5.41, 5.74) is 20.3. The van der Waals surface area contributed by atoms with Crippen LogP contribution in [0.5, 0.6) is 0 Å². The molecule has 0 heterocycles. The van der Waals surface area contributed by atoms with Crippen molar-refractivity contribution >= 4 is 29.5 Å². The summed E-state index contributed by atoms with van der Waals surface area (Å²) in [6.45, 7) is 6.56. The molecule has 0 amide bonds. The maximum absolute atomic E-state index is 5.04. The van der Waals surface area contributed by atoms with Gasteiger partial charge in [-0.2, -0.15) is 0 Å². The van der Waals surface area contributed by atoms with Gasteiger partial charge in [0.2, 0.25) is 0 Å². The zero-order chi connectivity index (χ0) is 39.3. The van der Waals surface area contributed by atoms with Crippen LogP contribution in [0.15, 0.2) is 203 Å². The smallest absolute Gasteiger partial charge is 0.161 e. The predicted molar refractivity (Wildman–Crippen MR) is 246 cm³/mol. The first-order valence-electron chi connectivity index (χ1n) is 20.3. The van der Waals surface area contributed by atoms with Crippen LogP contribution in [-0.2, 0) is 19.4 Å². The van der Waals surface area contributed by atoms with Gasteiger partial charge >= 0.3 is 0 Å². The summed E-state index contributed by atoms with van der Waals surface area (Å²) < 4.78 is 0. The van der Waals surface area contributed by atoms with Gasteiger partial charge in [0.25, 0.3) is 0 Å². The van der Waals surface area contributed by atoms with E-state index in [-0.39, 0.29) is 0 Å². The Hall–Kier alpha value is -6.97. The Morgan fingerprint density at radius 3 is 1.95 bits per heavy atom. The summed E-state index contributed by atoms with van der Waals surface area (Å²) in [4.78, 5) is 14.4. The minimum Gasteiger partial charge on any atom is -0.261 e. The minimum absolute atomic E-state index is 0.485. The zero-order valence-corrected chi connectivity index (χ0v) is 32.9. The van der Waals surface area contributed by atoms with Crippen molar-refractivity contribution in [3.05, 3.63) is 227 Å². The summed E-state index contributed by atoms with van der Waals surface area (Å²) in [6, 6.07) is 62.6. The number of nitrogens with zero attached hydrogens (tertiary/aromatic N) is 3. The molecule has 0 saturated heterocycles. The van der Waals surface area contributed by atoms with Crippen LogP contribution in [0.3, 0.4) is 0 Å². The number of fused-ring (bicyclic) bond motifs is 2. The van der Waals surface area contributed by atoms with Gasteiger partial charge in [0, 0.05) is 11.1 Å². The summed E-state index contributed by atoms with van der Waals surface area (Å²) in [7, 11) is 0. The van der Waals surface area contributed by atoms with E-state index >= 15 is 0 Å². The van der Waals surface area contributed by atoms with E-state index in [0.29, 0.717) is 18.2 Å². The van der Waals surface area contributed by atoms with Crippen LogP contribution in [0.2, 0.25) is 0 Å². The molecule has 9 rings (SSSR count). The zero-order valence-electron chi connectivity index (χ0n) is 32.9. The van der Waals surface area contributed by atoms with Gasteiger partial charge in [-0.15, -0.1) is 0 Å². The summed E-state index contributed by atoms with van der Waals surface area (Å²) in [6.07, 6.45) is 6.58. The Bertz CT molecular complexity index is 2730. The molecule has 0 aliphatic heterocycles. The van der Waals surface area contributed by atoms with Crippen LogP contribution in [0.1, 0.15) is 58.7 Å². The molecule has 0 bridgehead atoms. The first-order chi connectivity index (χ1) is 28.7. The normalized spacial score (nSPS) is 13.8. The Labute approximate surface area is 342 Å². The predicted octanol–water partition coefficient (Wildman–Crippen LogP) is 13.5. The van der Waals surface area contributed by atoms with E-state index in [1.165, 1.54) is 72.4 Å². The van der Waals surface area contributed by atoms with Crippen LogP contribution in [0, 0.1) is 0 Å². The fraction of sp³-hybridized carbons (Fsp3) is 0.109. The minimum atomic E-state index is 0.485. The van der Waals surface area contributed by atoms with Gasteiger partial charge in [0.15, 0.2) is 11.7 Å². The van der Waals surface area contributed by atoms with Crippen molar-refractivity contribution in [2.75, 3.05) is 0 Å². The molecule has 7 aromatic carbocycles. The van der Waals surface area contributed by atoms with Gasteiger partial charge in [-0.3, -0.25) is 4.99 Å². The molecule has 7 aromatic rings. The molecule has 3 nitrogen and oxygen atoms in total. The van der Waals surface area contributed by atoms with Crippen molar-refractivity contribution in [3.63, 3.8) is 0 Å². The molecule has 58 heavy (non-hydrogen) atoms. The summed E-state index contributed by atoms with van der Waals surface area (Å²) in [5, 5.41) is 0. The quantitative estimate of drug-likeness (QED) is 0.104. The fourth-order valence-corrected chi connectivity index (χ4v) is 8.53. The third-order valence-electron chi connectivity index (χ3n) is 11.5. The van der Waals surface area contributed by atoms with Crippen LogP contribution < -0.4 is 0 Å². The highest BCUT2D eigenvalue weighted by molar-refractivity contribution is 6.12. The lowest BCUT2D eigenvalue weighted by molar-refractivity contribution is 1.05. The lowest BCUT2D eigenvalue weighted by Crippen LogP contribution is -2.05. The number of aryl methyl sites for hydroxylation is 1. The van der Waals surface area contributed by atoms with Crippen LogP contribution >= 0.6 is 0 Å². The van der Waals surface area contributed by atoms with Gasteiger partial charge in [0.05, 0.1) is 6.54 Å². The van der Waals surface area contributed by atoms with Crippen LogP contribution in [-0.4, -0.2) is 18.4 Å². The van der Waals surface area contributed by atoms with E-state index in [4.69, 9.17) is 9.98 Å². The van der Waals surface area contributed by atoms with Crippen molar-refractivity contribution in [1.82, 2.24) is 0 Å². The highest BCUT2D eigenvalue weighted by Gasteiger charge is 2.28. The number of rotatable bonds is 9. The molecule has 280 valence electrons. The van der Waals surface area contributed by atoms with Gasteiger partial charge in [-0.05, 0) is 116 Å². The number of amidine groups is 2. The fourth-order valence-electron chi connectivity index (χ4n) is 8.53. The third kappa shape index (κ3) is 7.47. The number of hydrogen-bond donors (Lipinski definition) is 0. The topological polar surface area (TPSA) is 37.1 Å². The molecule has 0 saturated carbocycles. The number of aliphatic imine (C=N–C) groups is 3. The molecule has 0 aromatic heterocycles. The van der Waals surface area contributed by atoms with Gasteiger partial charge in [-0.25, -0.2) is 9.98 Å². The first-order valence-corrected chi connectivity index (χ1v) is 20.3. The van der Waals surface area contributed by atoms with Gasteiger partial charge in [0.1, 0.15) is 0 Å². The Kier molecular flexibility index (Phi) is 10.5. The van der Waals surface area contributed by atoms with Crippen molar-refractivity contribution in [1.29, 1.82) is 0 Å². The maximum Gasteiger partial charge on any atom is 0.161 e. The SMILES string of the molecule is C=N/C(=N\C(=N/Cc1ccc(-c2cccc(-c3cccc4c3CC3=C4CCC=C3c3ccccc3)c2)cc1)c1ccccc1)c1ccc(-c2ccccc2CC)cc1. The van der Waals surface area contributed by atoms with Crippen LogP contribution in [0.25, 0.3) is 44.5 Å². The molecule has 0 N–H and O–H groups in total. The monoisotopic (exact) mass is 747 g/mol. The maximum atomic E-state index is 5.04. The van der Waals surface area contributed by atoms with Crippen molar-refractivity contribution in [2.24, 2.45) is 15.0 Å². The number of allylic oxidation sites excluding steroid dienone is 4. The second kappa shape index (κ2) is 16.6. The Morgan fingerprint density at radius 2 is 1.17 bits per heavy atom. The molecule has 2 aliphatic rings. The van der Waals surface area contributed by atoms with Crippen molar-refractivity contribution < 1.29 is 0 Å². The Morgan fingerprint density at radius 1 is 0.534 bits per heavy atom. The Balaban J connectivity index is 0.953. The second-order valence-corrected chi connectivity index (χ2v) is 15.0. The molecular weight excluding hydrogens is 703 g/mol. The molecule has 2 aliphatic carbocycles. The van der Waals surface area contributed by atoms with Gasteiger partial charge in [-0.1, -0.05) is 183 Å². The largest absolute Gasteiger partial charge is 0.261 e. The first kappa shape index (κ1) is 36.7. The highest BCUT2D eigenvalue weighted by Crippen LogP contribution is 2.48. The van der Waals surface area contributed by atoms with E-state index in [9.17, 15) is 0 Å². The van der Waals surface area contributed by atoms with Crippen LogP contribution in [0.4, 0.5) is 0 Å². The average Bonchev–Trinajstić information content (AvgIpc) is 3.69. The average molecular weight is 748 g/mol. The van der Waals surface area contributed by atoms with E-state index < -0.39 is 0 Å². The van der Waals surface area contributed by atoms with Gasteiger partial charge < -0.3 is 0 Å². The van der Waals surface area contributed by atoms with E-state index in [1.54, 1.807) is 0 Å². The molecule has 0 fully saturated rings. The lowest BCUT2D eigenvalue weighted by Gasteiger charge is -2.17.